The third-order valence-corrected chi connectivity index (χ3v) is 6.55. The van der Waals surface area contributed by atoms with Crippen LogP contribution in [0.1, 0.15) is 52.5 Å². The van der Waals surface area contributed by atoms with E-state index >= 15 is 0 Å². The lowest BCUT2D eigenvalue weighted by Crippen LogP contribution is -2.45. The first-order valence-electron chi connectivity index (χ1n) is 11.5. The van der Waals surface area contributed by atoms with E-state index in [0.717, 1.165) is 24.1 Å². The number of thiazole rings is 1. The number of nitrogens with one attached hydrogen (secondary N) is 2. The van der Waals surface area contributed by atoms with E-state index in [1.807, 2.05) is 43.2 Å². The van der Waals surface area contributed by atoms with E-state index in [0.29, 0.717) is 37.6 Å². The van der Waals surface area contributed by atoms with Crippen LogP contribution in [0.2, 0.25) is 0 Å². The molecule has 0 bridgehead atoms. The van der Waals surface area contributed by atoms with Gasteiger partial charge >= 0.3 is 0 Å². The van der Waals surface area contributed by atoms with E-state index in [-0.39, 0.29) is 23.6 Å². The number of carbonyl (C=O) groups excluding carboxylic acids is 3. The lowest BCUT2D eigenvalue weighted by molar-refractivity contribution is -0.142. The van der Waals surface area contributed by atoms with E-state index in [1.54, 1.807) is 0 Å². The molecule has 33 heavy (non-hydrogen) atoms. The van der Waals surface area contributed by atoms with Crippen molar-refractivity contribution in [2.24, 2.45) is 11.3 Å². The lowest BCUT2D eigenvalue weighted by Gasteiger charge is -2.35. The van der Waals surface area contributed by atoms with Crippen molar-refractivity contribution < 1.29 is 14.4 Å². The summed E-state index contributed by atoms with van der Waals surface area (Å²) in [5.41, 5.74) is 2.67. The van der Waals surface area contributed by atoms with Crippen LogP contribution in [0.15, 0.2) is 29.6 Å². The molecule has 7 nitrogen and oxygen atoms in total. The Kier molecular flexibility index (Phi) is 8.24. The van der Waals surface area contributed by atoms with Gasteiger partial charge in [-0.1, -0.05) is 45.0 Å². The maximum absolute atomic E-state index is 12.7. The van der Waals surface area contributed by atoms with Gasteiger partial charge in [-0.25, -0.2) is 4.98 Å². The van der Waals surface area contributed by atoms with E-state index in [1.165, 1.54) is 23.8 Å². The zero-order valence-electron chi connectivity index (χ0n) is 19.9. The Labute approximate surface area is 200 Å². The second kappa shape index (κ2) is 10.9. The van der Waals surface area contributed by atoms with Crippen molar-refractivity contribution in [2.45, 2.75) is 53.4 Å². The van der Waals surface area contributed by atoms with Crippen molar-refractivity contribution in [3.63, 3.8) is 0 Å². The number of rotatable bonds is 7. The van der Waals surface area contributed by atoms with Crippen molar-refractivity contribution in [2.75, 3.05) is 25.0 Å². The van der Waals surface area contributed by atoms with Crippen molar-refractivity contribution in [3.05, 3.63) is 35.2 Å². The number of aromatic nitrogens is 1. The summed E-state index contributed by atoms with van der Waals surface area (Å²) in [4.78, 5) is 42.6. The summed E-state index contributed by atoms with van der Waals surface area (Å²) >= 11 is 1.42. The monoisotopic (exact) mass is 470 g/mol. The van der Waals surface area contributed by atoms with Crippen molar-refractivity contribution >= 4 is 34.2 Å². The Hall–Kier alpha value is -2.74. The van der Waals surface area contributed by atoms with Gasteiger partial charge in [-0.2, -0.15) is 0 Å². The van der Waals surface area contributed by atoms with Gasteiger partial charge in [0.25, 0.3) is 0 Å². The Morgan fingerprint density at radius 3 is 2.39 bits per heavy atom. The molecule has 0 saturated carbocycles. The predicted octanol–water partition coefficient (Wildman–Crippen LogP) is 4.10. The van der Waals surface area contributed by atoms with Crippen LogP contribution in [-0.2, 0) is 20.8 Å². The number of anilines is 1. The summed E-state index contributed by atoms with van der Waals surface area (Å²) in [7, 11) is 0. The van der Waals surface area contributed by atoms with Gasteiger partial charge in [-0.3, -0.25) is 14.4 Å². The molecule has 1 aromatic heterocycles. The summed E-state index contributed by atoms with van der Waals surface area (Å²) in [6.07, 6.45) is 3.15. The first kappa shape index (κ1) is 24.9. The van der Waals surface area contributed by atoms with Gasteiger partial charge in [0.15, 0.2) is 5.13 Å². The molecule has 0 aliphatic carbocycles. The second-order valence-electron chi connectivity index (χ2n) is 9.63. The quantitative estimate of drug-likeness (QED) is 0.596. The molecule has 3 rings (SSSR count). The molecule has 1 aromatic carbocycles. The van der Waals surface area contributed by atoms with Gasteiger partial charge in [-0.05, 0) is 31.2 Å². The molecule has 0 spiro atoms. The molecule has 3 amide bonds. The molecule has 0 unspecified atom stereocenters. The number of nitrogens with zero attached hydrogens (tertiary/aromatic N) is 2. The van der Waals surface area contributed by atoms with Crippen LogP contribution in [0.4, 0.5) is 5.13 Å². The molecule has 2 N–H and O–H groups in total. The van der Waals surface area contributed by atoms with Gasteiger partial charge in [0, 0.05) is 48.8 Å². The number of likely N-dealkylation sites (tertiary alicyclic amines) is 1. The average molecular weight is 471 g/mol. The van der Waals surface area contributed by atoms with Gasteiger partial charge < -0.3 is 15.5 Å². The summed E-state index contributed by atoms with van der Waals surface area (Å²) in [6, 6.07) is 8.23. The maximum Gasteiger partial charge on any atom is 0.229 e. The van der Waals surface area contributed by atoms with Gasteiger partial charge in [0.2, 0.25) is 17.7 Å². The summed E-state index contributed by atoms with van der Waals surface area (Å²) in [5, 5.41) is 8.32. The normalized spacial score (nSPS) is 14.7. The minimum absolute atomic E-state index is 0.00197. The largest absolute Gasteiger partial charge is 0.356 e. The maximum atomic E-state index is 12.7. The lowest BCUT2D eigenvalue weighted by atomic mass is 9.91. The molecule has 0 radical (unpaired) electrons. The van der Waals surface area contributed by atoms with E-state index in [4.69, 9.17) is 0 Å². The first-order valence-corrected chi connectivity index (χ1v) is 12.4. The molecule has 0 atom stereocenters. The molecule has 1 fully saturated rings. The second-order valence-corrected chi connectivity index (χ2v) is 10.5. The third kappa shape index (κ3) is 7.12. The first-order chi connectivity index (χ1) is 15.6. The topological polar surface area (TPSA) is 91.4 Å². The number of amides is 3. The Morgan fingerprint density at radius 1 is 1.12 bits per heavy atom. The smallest absolute Gasteiger partial charge is 0.229 e. The van der Waals surface area contributed by atoms with E-state index in [2.05, 4.69) is 27.8 Å². The molecule has 1 saturated heterocycles. The molecule has 8 heteroatoms. The van der Waals surface area contributed by atoms with Gasteiger partial charge in [0.05, 0.1) is 5.69 Å². The van der Waals surface area contributed by atoms with Crippen LogP contribution < -0.4 is 10.6 Å². The standard InChI is InChI=1S/C25H34N4O3S/c1-17(30)26-13-5-6-18-7-9-19(10-8-18)21-16-33-24(27-21)28-22(31)20-11-14-29(15-12-20)23(32)25(2,3)4/h7-10,16,20H,5-6,11-15H2,1-4H3,(H,26,30)(H,27,28,31). The van der Waals surface area contributed by atoms with Crippen LogP contribution in [-0.4, -0.2) is 47.2 Å². The zero-order valence-corrected chi connectivity index (χ0v) is 20.8. The van der Waals surface area contributed by atoms with E-state index < -0.39 is 5.41 Å². The zero-order chi connectivity index (χ0) is 24.0. The minimum Gasteiger partial charge on any atom is -0.356 e. The highest BCUT2D eigenvalue weighted by atomic mass is 32.1. The van der Waals surface area contributed by atoms with Crippen LogP contribution in [0, 0.1) is 11.3 Å². The number of hydrogen-bond acceptors (Lipinski definition) is 5. The third-order valence-electron chi connectivity index (χ3n) is 5.79. The highest BCUT2D eigenvalue weighted by Gasteiger charge is 2.32. The SMILES string of the molecule is CC(=O)NCCCc1ccc(-c2csc(NC(=O)C3CCN(C(=O)C(C)(C)C)CC3)n2)cc1. The number of carbonyl (C=O) groups is 3. The summed E-state index contributed by atoms with van der Waals surface area (Å²) < 4.78 is 0. The molecule has 2 heterocycles. The molecule has 1 aliphatic heterocycles. The van der Waals surface area contributed by atoms with Crippen LogP contribution in [0.5, 0.6) is 0 Å². The predicted molar refractivity (Wildman–Crippen MR) is 132 cm³/mol. The Balaban J connectivity index is 1.49. The number of benzene rings is 1. The fraction of sp³-hybridized carbons (Fsp3) is 0.520. The number of aryl methyl sites for hydroxylation is 1. The van der Waals surface area contributed by atoms with Crippen molar-refractivity contribution in [1.82, 2.24) is 15.2 Å². The van der Waals surface area contributed by atoms with Crippen LogP contribution >= 0.6 is 11.3 Å². The minimum atomic E-state index is -0.392. The Morgan fingerprint density at radius 2 is 1.79 bits per heavy atom. The highest BCUT2D eigenvalue weighted by molar-refractivity contribution is 7.14. The molecular weight excluding hydrogens is 436 g/mol. The molecular formula is C25H34N4O3S. The van der Waals surface area contributed by atoms with Gasteiger partial charge in [0.1, 0.15) is 0 Å². The average Bonchev–Trinajstić information content (AvgIpc) is 3.24. The molecule has 1 aliphatic rings. The van der Waals surface area contributed by atoms with Crippen LogP contribution in [0.3, 0.4) is 0 Å². The number of piperidine rings is 1. The van der Waals surface area contributed by atoms with Crippen molar-refractivity contribution in [1.29, 1.82) is 0 Å². The summed E-state index contributed by atoms with van der Waals surface area (Å²) in [5.74, 6) is 0.0222. The fourth-order valence-electron chi connectivity index (χ4n) is 3.89. The number of hydrogen-bond donors (Lipinski definition) is 2. The van der Waals surface area contributed by atoms with E-state index in [9.17, 15) is 14.4 Å². The van der Waals surface area contributed by atoms with Crippen molar-refractivity contribution in [3.8, 4) is 11.3 Å². The molecule has 178 valence electrons. The Bertz CT molecular complexity index is 970. The fourth-order valence-corrected chi connectivity index (χ4v) is 4.61. The highest BCUT2D eigenvalue weighted by Crippen LogP contribution is 2.28. The van der Waals surface area contributed by atoms with Crippen LogP contribution in [0.25, 0.3) is 11.3 Å². The van der Waals surface area contributed by atoms with Gasteiger partial charge in [-0.15, -0.1) is 11.3 Å². The summed E-state index contributed by atoms with van der Waals surface area (Å²) in [6.45, 7) is 9.22. The molecule has 2 aromatic rings.